The fourth-order valence-electron chi connectivity index (χ4n) is 2.14. The van der Waals surface area contributed by atoms with E-state index in [1.54, 1.807) is 12.1 Å². The second-order valence-corrected chi connectivity index (χ2v) is 6.20. The van der Waals surface area contributed by atoms with Crippen molar-refractivity contribution in [2.24, 2.45) is 0 Å². The predicted octanol–water partition coefficient (Wildman–Crippen LogP) is 5.83. The highest BCUT2D eigenvalue weighted by atomic mass is 79.9. The summed E-state index contributed by atoms with van der Waals surface area (Å²) in [4.78, 5) is 4.52. The number of nitrogens with zero attached hydrogens (tertiary/aromatic N) is 2. The second-order valence-electron chi connectivity index (χ2n) is 4.20. The Kier molecular flexibility index (Phi) is 3.95. The summed E-state index contributed by atoms with van der Waals surface area (Å²) in [5.74, 6) is 0.975. The van der Waals surface area contributed by atoms with E-state index < -0.39 is 0 Å². The Hall–Kier alpha value is -0.740. The molecule has 0 aliphatic heterocycles. The largest absolute Gasteiger partial charge is 0.292 e. The first-order valence-corrected chi connectivity index (χ1v) is 7.87. The maximum atomic E-state index is 6.30. The van der Waals surface area contributed by atoms with Crippen molar-refractivity contribution in [2.45, 2.75) is 5.88 Å². The zero-order valence-electron chi connectivity index (χ0n) is 10.1. The van der Waals surface area contributed by atoms with Gasteiger partial charge >= 0.3 is 0 Å². The van der Waals surface area contributed by atoms with Crippen LogP contribution in [0.5, 0.6) is 0 Å². The van der Waals surface area contributed by atoms with Gasteiger partial charge in [0, 0.05) is 4.47 Å². The van der Waals surface area contributed by atoms with Crippen molar-refractivity contribution in [3.05, 3.63) is 56.7 Å². The van der Waals surface area contributed by atoms with Gasteiger partial charge < -0.3 is 0 Å². The monoisotopic (exact) mass is 388 g/mol. The van der Waals surface area contributed by atoms with Gasteiger partial charge in [0.25, 0.3) is 0 Å². The van der Waals surface area contributed by atoms with E-state index in [1.807, 2.05) is 28.8 Å². The van der Waals surface area contributed by atoms with Crippen LogP contribution in [-0.2, 0) is 5.88 Å². The molecule has 3 aromatic rings. The van der Waals surface area contributed by atoms with Gasteiger partial charge in [-0.05, 0) is 30.3 Å². The lowest BCUT2D eigenvalue weighted by Gasteiger charge is -2.11. The summed E-state index contributed by atoms with van der Waals surface area (Å²) in [6, 6.07) is 11.2. The summed E-state index contributed by atoms with van der Waals surface area (Å²) >= 11 is 22.1. The van der Waals surface area contributed by atoms with Crippen molar-refractivity contribution in [2.75, 3.05) is 0 Å². The summed E-state index contributed by atoms with van der Waals surface area (Å²) in [6.45, 7) is 0. The number of fused-ring (bicyclic) bond motifs is 1. The molecule has 2 aromatic carbocycles. The Morgan fingerprint density at radius 1 is 1.10 bits per heavy atom. The molecule has 0 N–H and O–H groups in total. The number of para-hydroxylation sites is 1. The number of halogens is 4. The molecule has 0 atom stereocenters. The van der Waals surface area contributed by atoms with Crippen molar-refractivity contribution >= 4 is 61.8 Å². The van der Waals surface area contributed by atoms with Gasteiger partial charge in [0.1, 0.15) is 5.82 Å². The lowest BCUT2D eigenvalue weighted by molar-refractivity contribution is 0.982. The maximum absolute atomic E-state index is 6.30. The van der Waals surface area contributed by atoms with E-state index in [0.29, 0.717) is 21.6 Å². The average Bonchev–Trinajstić information content (AvgIpc) is 2.77. The van der Waals surface area contributed by atoms with Crippen LogP contribution in [-0.4, -0.2) is 9.55 Å². The fourth-order valence-corrected chi connectivity index (χ4v) is 3.23. The van der Waals surface area contributed by atoms with Crippen LogP contribution < -0.4 is 0 Å². The maximum Gasteiger partial charge on any atom is 0.129 e. The number of imidazole rings is 1. The molecule has 0 aliphatic rings. The zero-order chi connectivity index (χ0) is 14.3. The van der Waals surface area contributed by atoms with Gasteiger partial charge in [-0.2, -0.15) is 0 Å². The molecule has 0 saturated heterocycles. The van der Waals surface area contributed by atoms with Crippen molar-refractivity contribution in [1.29, 1.82) is 0 Å². The van der Waals surface area contributed by atoms with Crippen molar-refractivity contribution in [1.82, 2.24) is 9.55 Å². The van der Waals surface area contributed by atoms with E-state index in [2.05, 4.69) is 20.9 Å². The molecule has 0 amide bonds. The number of benzene rings is 2. The third-order valence-electron chi connectivity index (χ3n) is 2.97. The molecule has 2 nitrogen and oxygen atoms in total. The van der Waals surface area contributed by atoms with Gasteiger partial charge in [-0.1, -0.05) is 45.2 Å². The lowest BCUT2D eigenvalue weighted by Crippen LogP contribution is -2.01. The quantitative estimate of drug-likeness (QED) is 0.503. The van der Waals surface area contributed by atoms with Crippen LogP contribution in [0.3, 0.4) is 0 Å². The zero-order valence-corrected chi connectivity index (χ0v) is 13.9. The summed E-state index contributed by atoms with van der Waals surface area (Å²) in [5, 5.41) is 1.12. The number of aromatic nitrogens is 2. The van der Waals surface area contributed by atoms with Crippen LogP contribution in [0.2, 0.25) is 10.0 Å². The first-order valence-electron chi connectivity index (χ1n) is 5.79. The molecule has 0 radical (unpaired) electrons. The van der Waals surface area contributed by atoms with E-state index in [1.165, 1.54) is 0 Å². The van der Waals surface area contributed by atoms with Crippen molar-refractivity contribution < 1.29 is 0 Å². The highest BCUT2D eigenvalue weighted by Crippen LogP contribution is 2.33. The highest BCUT2D eigenvalue weighted by molar-refractivity contribution is 9.10. The van der Waals surface area contributed by atoms with Gasteiger partial charge in [0.2, 0.25) is 0 Å². The third kappa shape index (κ3) is 2.33. The molecule has 0 saturated carbocycles. The van der Waals surface area contributed by atoms with Crippen molar-refractivity contribution in [3.8, 4) is 5.69 Å². The predicted molar refractivity (Wildman–Crippen MR) is 88.3 cm³/mol. The molecular formula is C14H8BrCl3N2. The molecule has 0 fully saturated rings. The van der Waals surface area contributed by atoms with Gasteiger partial charge in [0.05, 0.1) is 32.6 Å². The second kappa shape index (κ2) is 5.57. The van der Waals surface area contributed by atoms with Crippen molar-refractivity contribution in [3.63, 3.8) is 0 Å². The summed E-state index contributed by atoms with van der Waals surface area (Å²) in [5.41, 5.74) is 2.46. The van der Waals surface area contributed by atoms with Crippen LogP contribution in [0, 0.1) is 0 Å². The highest BCUT2D eigenvalue weighted by Gasteiger charge is 2.16. The average molecular weight is 390 g/mol. The summed E-state index contributed by atoms with van der Waals surface area (Å²) < 4.78 is 2.85. The van der Waals surface area contributed by atoms with Crippen LogP contribution >= 0.6 is 50.7 Å². The Morgan fingerprint density at radius 2 is 1.80 bits per heavy atom. The Labute approximate surface area is 139 Å². The molecule has 0 aliphatic carbocycles. The Balaban J connectivity index is 2.42. The number of rotatable bonds is 2. The van der Waals surface area contributed by atoms with E-state index in [4.69, 9.17) is 34.8 Å². The summed E-state index contributed by atoms with van der Waals surface area (Å²) in [7, 11) is 0. The molecule has 3 rings (SSSR count). The minimum absolute atomic E-state index is 0.272. The first-order chi connectivity index (χ1) is 9.61. The molecule has 6 heteroatoms. The van der Waals surface area contributed by atoms with Gasteiger partial charge in [0.15, 0.2) is 0 Å². The molecule has 1 heterocycles. The van der Waals surface area contributed by atoms with E-state index >= 15 is 0 Å². The van der Waals surface area contributed by atoms with E-state index in [9.17, 15) is 0 Å². The first kappa shape index (κ1) is 14.2. The SMILES string of the molecule is ClCc1nc2ccc(Br)cc2n1-c1c(Cl)cccc1Cl. The summed E-state index contributed by atoms with van der Waals surface area (Å²) in [6.07, 6.45) is 0. The van der Waals surface area contributed by atoms with Gasteiger partial charge in [-0.15, -0.1) is 11.6 Å². The van der Waals surface area contributed by atoms with Crippen LogP contribution in [0.4, 0.5) is 0 Å². The topological polar surface area (TPSA) is 17.8 Å². The molecular weight excluding hydrogens is 382 g/mol. The number of alkyl halides is 1. The Bertz CT molecular complexity index is 778. The van der Waals surface area contributed by atoms with Crippen LogP contribution in [0.15, 0.2) is 40.9 Å². The molecule has 0 spiro atoms. The van der Waals surface area contributed by atoms with E-state index in [-0.39, 0.29) is 5.88 Å². The lowest BCUT2D eigenvalue weighted by atomic mass is 10.2. The minimum Gasteiger partial charge on any atom is -0.292 e. The molecule has 0 unspecified atom stereocenters. The number of hydrogen-bond acceptors (Lipinski definition) is 1. The normalized spacial score (nSPS) is 11.2. The van der Waals surface area contributed by atoms with E-state index in [0.717, 1.165) is 15.5 Å². The van der Waals surface area contributed by atoms with Gasteiger partial charge in [-0.3, -0.25) is 4.57 Å². The van der Waals surface area contributed by atoms with Crippen LogP contribution in [0.1, 0.15) is 5.82 Å². The minimum atomic E-state index is 0.272. The molecule has 0 bridgehead atoms. The standard InChI is InChI=1S/C14H8BrCl3N2/c15-8-4-5-11-12(6-8)20(13(7-16)19-11)14-9(17)2-1-3-10(14)18/h1-6H,7H2. The smallest absolute Gasteiger partial charge is 0.129 e. The Morgan fingerprint density at radius 3 is 2.45 bits per heavy atom. The molecule has 1 aromatic heterocycles. The molecule has 102 valence electrons. The fraction of sp³-hybridized carbons (Fsp3) is 0.0714. The number of hydrogen-bond donors (Lipinski definition) is 0. The third-order valence-corrected chi connectivity index (χ3v) is 4.31. The van der Waals surface area contributed by atoms with Gasteiger partial charge in [-0.25, -0.2) is 4.98 Å². The molecule has 20 heavy (non-hydrogen) atoms. The van der Waals surface area contributed by atoms with Crippen LogP contribution in [0.25, 0.3) is 16.7 Å².